The van der Waals surface area contributed by atoms with Crippen LogP contribution < -0.4 is 10.1 Å². The number of carbonyl (C=O) groups is 2. The number of carbonyl (C=O) groups excluding carboxylic acids is 2. The van der Waals surface area contributed by atoms with Gasteiger partial charge in [-0.3, -0.25) is 9.59 Å². The van der Waals surface area contributed by atoms with Gasteiger partial charge in [-0.15, -0.1) is 0 Å². The van der Waals surface area contributed by atoms with Crippen LogP contribution in [0.2, 0.25) is 10.0 Å². The molecule has 37 heavy (non-hydrogen) atoms. The molecule has 2 amide bonds. The Morgan fingerprint density at radius 3 is 2.30 bits per heavy atom. The first-order valence-corrected chi connectivity index (χ1v) is 13.2. The Hall–Kier alpha value is -3.02. The number of amides is 2. The fraction of sp³-hybridized carbons (Fsp3) is 0.333. The molecule has 0 aliphatic carbocycles. The quantitative estimate of drug-likeness (QED) is 0.300. The van der Waals surface area contributed by atoms with E-state index in [0.717, 1.165) is 28.7 Å². The number of hydrogen-bond donors (Lipinski definition) is 1. The molecule has 0 aliphatic rings. The molecular weight excluding hydrogens is 507 g/mol. The predicted molar refractivity (Wildman–Crippen MR) is 150 cm³/mol. The number of halogens is 2. The molecule has 3 aromatic rings. The highest BCUT2D eigenvalue weighted by Gasteiger charge is 2.31. The lowest BCUT2D eigenvalue weighted by Crippen LogP contribution is -2.53. The molecule has 3 rings (SSSR count). The Kier molecular flexibility index (Phi) is 10.4. The van der Waals surface area contributed by atoms with E-state index in [2.05, 4.69) is 5.32 Å². The second kappa shape index (κ2) is 13.5. The molecule has 0 fully saturated rings. The summed E-state index contributed by atoms with van der Waals surface area (Å²) in [5.41, 5.74) is 3.94. The fourth-order valence-corrected chi connectivity index (χ4v) is 4.18. The van der Waals surface area contributed by atoms with Crippen LogP contribution in [0, 0.1) is 13.8 Å². The van der Waals surface area contributed by atoms with Gasteiger partial charge in [0.1, 0.15) is 11.8 Å². The van der Waals surface area contributed by atoms with E-state index < -0.39 is 6.04 Å². The lowest BCUT2D eigenvalue weighted by molar-refractivity contribution is -0.143. The summed E-state index contributed by atoms with van der Waals surface area (Å²) >= 11 is 12.4. The highest BCUT2D eigenvalue weighted by molar-refractivity contribution is 6.42. The number of benzene rings is 3. The first-order valence-electron chi connectivity index (χ1n) is 12.5. The molecule has 0 aliphatic heterocycles. The molecule has 0 saturated carbocycles. The van der Waals surface area contributed by atoms with E-state index in [1.54, 1.807) is 17.0 Å². The van der Waals surface area contributed by atoms with Crippen molar-refractivity contribution in [3.63, 3.8) is 0 Å². The number of nitrogens with one attached hydrogen (secondary N) is 1. The van der Waals surface area contributed by atoms with E-state index in [1.807, 2.05) is 82.3 Å². The van der Waals surface area contributed by atoms with Gasteiger partial charge < -0.3 is 15.0 Å². The lowest BCUT2D eigenvalue weighted by atomic mass is 10.0. The molecule has 0 spiro atoms. The molecule has 0 radical (unpaired) electrons. The van der Waals surface area contributed by atoms with Gasteiger partial charge >= 0.3 is 0 Å². The molecule has 0 saturated heterocycles. The molecule has 0 unspecified atom stereocenters. The maximum atomic E-state index is 13.7. The average Bonchev–Trinajstić information content (AvgIpc) is 2.89. The van der Waals surface area contributed by atoms with Crippen molar-refractivity contribution >= 4 is 35.0 Å². The van der Waals surface area contributed by atoms with Crippen LogP contribution in [0.1, 0.15) is 42.5 Å². The van der Waals surface area contributed by atoms with Gasteiger partial charge in [0.05, 0.1) is 10.0 Å². The van der Waals surface area contributed by atoms with E-state index in [-0.39, 0.29) is 31.0 Å². The minimum absolute atomic E-state index is 0.0283. The third-order valence-electron chi connectivity index (χ3n) is 6.45. The Bertz CT molecular complexity index is 1220. The molecule has 5 nitrogen and oxygen atoms in total. The van der Waals surface area contributed by atoms with E-state index in [1.165, 1.54) is 0 Å². The second-order valence-electron chi connectivity index (χ2n) is 9.33. The maximum Gasteiger partial charge on any atom is 0.261 e. The minimum atomic E-state index is -0.748. The summed E-state index contributed by atoms with van der Waals surface area (Å²) in [5, 5.41) is 3.88. The van der Waals surface area contributed by atoms with Crippen molar-refractivity contribution in [3.05, 3.63) is 99.0 Å². The maximum absolute atomic E-state index is 13.7. The van der Waals surface area contributed by atoms with Crippen molar-refractivity contribution in [3.8, 4) is 5.75 Å². The standard InChI is InChI=1S/C30H34Cl2N2O3/c1-5-22(4)33-30(36)28(17-23-9-7-6-8-10-23)34(18-24-12-14-26(31)27(32)16-24)29(35)19-37-25-13-11-20(2)21(3)15-25/h6-16,22,28H,5,17-19H2,1-4H3,(H,33,36)/t22-,28-/m0/s1. The zero-order valence-electron chi connectivity index (χ0n) is 21.8. The summed E-state index contributed by atoms with van der Waals surface area (Å²) in [4.78, 5) is 28.8. The van der Waals surface area contributed by atoms with Crippen molar-refractivity contribution in [2.45, 2.75) is 59.2 Å². The third-order valence-corrected chi connectivity index (χ3v) is 7.19. The summed E-state index contributed by atoms with van der Waals surface area (Å²) in [6.45, 7) is 7.95. The van der Waals surface area contributed by atoms with Gasteiger partial charge in [-0.2, -0.15) is 0 Å². The van der Waals surface area contributed by atoms with Crippen LogP contribution in [0.5, 0.6) is 5.75 Å². The highest BCUT2D eigenvalue weighted by Crippen LogP contribution is 2.25. The molecule has 196 valence electrons. The third kappa shape index (κ3) is 8.24. The first-order chi connectivity index (χ1) is 17.7. The smallest absolute Gasteiger partial charge is 0.261 e. The normalized spacial score (nSPS) is 12.5. The zero-order chi connectivity index (χ0) is 26.9. The molecular formula is C30H34Cl2N2O3. The average molecular weight is 542 g/mol. The summed E-state index contributed by atoms with van der Waals surface area (Å²) in [5.74, 6) is 0.0944. The van der Waals surface area contributed by atoms with Crippen molar-refractivity contribution in [1.29, 1.82) is 0 Å². The monoisotopic (exact) mass is 540 g/mol. The van der Waals surface area contributed by atoms with Gasteiger partial charge in [0.25, 0.3) is 5.91 Å². The second-order valence-corrected chi connectivity index (χ2v) is 10.1. The van der Waals surface area contributed by atoms with Crippen LogP contribution in [0.4, 0.5) is 0 Å². The molecule has 0 heterocycles. The Morgan fingerprint density at radius 2 is 1.65 bits per heavy atom. The van der Waals surface area contributed by atoms with E-state index in [4.69, 9.17) is 27.9 Å². The van der Waals surface area contributed by atoms with Crippen molar-refractivity contribution in [2.24, 2.45) is 0 Å². The van der Waals surface area contributed by atoms with Gasteiger partial charge in [-0.1, -0.05) is 72.6 Å². The Balaban J connectivity index is 1.93. The summed E-state index contributed by atoms with van der Waals surface area (Å²) < 4.78 is 5.88. The highest BCUT2D eigenvalue weighted by atomic mass is 35.5. The predicted octanol–water partition coefficient (Wildman–Crippen LogP) is 6.54. The van der Waals surface area contributed by atoms with E-state index in [9.17, 15) is 9.59 Å². The van der Waals surface area contributed by atoms with E-state index in [0.29, 0.717) is 22.2 Å². The van der Waals surface area contributed by atoms with Crippen LogP contribution in [0.3, 0.4) is 0 Å². The Labute approximate surface area is 229 Å². The molecule has 3 aromatic carbocycles. The number of nitrogens with zero attached hydrogens (tertiary/aromatic N) is 1. The SMILES string of the molecule is CC[C@H](C)NC(=O)[C@H](Cc1ccccc1)N(Cc1ccc(Cl)c(Cl)c1)C(=O)COc1ccc(C)c(C)c1. The number of hydrogen-bond acceptors (Lipinski definition) is 3. The van der Waals surface area contributed by atoms with Crippen molar-refractivity contribution in [2.75, 3.05) is 6.61 Å². The van der Waals surface area contributed by atoms with Crippen molar-refractivity contribution in [1.82, 2.24) is 10.2 Å². The molecule has 7 heteroatoms. The number of rotatable bonds is 11. The van der Waals surface area contributed by atoms with Gasteiger partial charge in [-0.25, -0.2) is 0 Å². The van der Waals surface area contributed by atoms with Gasteiger partial charge in [0, 0.05) is 19.0 Å². The first kappa shape index (κ1) is 28.5. The topological polar surface area (TPSA) is 58.6 Å². The molecule has 2 atom stereocenters. The van der Waals surface area contributed by atoms with Gasteiger partial charge in [0.15, 0.2) is 6.61 Å². The van der Waals surface area contributed by atoms with Crippen LogP contribution in [0.25, 0.3) is 0 Å². The van der Waals surface area contributed by atoms with Crippen LogP contribution in [-0.4, -0.2) is 35.4 Å². The summed E-state index contributed by atoms with van der Waals surface area (Å²) in [7, 11) is 0. The van der Waals surface area contributed by atoms with E-state index >= 15 is 0 Å². The largest absolute Gasteiger partial charge is 0.484 e. The number of aryl methyl sites for hydroxylation is 2. The molecule has 0 bridgehead atoms. The van der Waals surface area contributed by atoms with Crippen LogP contribution >= 0.6 is 23.2 Å². The Morgan fingerprint density at radius 1 is 0.919 bits per heavy atom. The lowest BCUT2D eigenvalue weighted by Gasteiger charge is -2.32. The number of ether oxygens (including phenoxy) is 1. The van der Waals surface area contributed by atoms with Crippen molar-refractivity contribution < 1.29 is 14.3 Å². The molecule has 1 N–H and O–H groups in total. The minimum Gasteiger partial charge on any atom is -0.484 e. The zero-order valence-corrected chi connectivity index (χ0v) is 23.3. The van der Waals surface area contributed by atoms with Crippen LogP contribution in [-0.2, 0) is 22.6 Å². The fourth-order valence-electron chi connectivity index (χ4n) is 3.86. The summed E-state index contributed by atoms with van der Waals surface area (Å²) in [6, 6.07) is 19.8. The summed E-state index contributed by atoms with van der Waals surface area (Å²) in [6.07, 6.45) is 1.14. The van der Waals surface area contributed by atoms with Crippen LogP contribution in [0.15, 0.2) is 66.7 Å². The van der Waals surface area contributed by atoms with Gasteiger partial charge in [-0.05, 0) is 73.7 Å². The molecule has 0 aromatic heterocycles. The van der Waals surface area contributed by atoms with Gasteiger partial charge in [0.2, 0.25) is 5.91 Å².